The number of hydrogen-bond acceptors (Lipinski definition) is 2. The summed E-state index contributed by atoms with van der Waals surface area (Å²) in [6.45, 7) is 3.61. The number of benzene rings is 1. The first-order valence-corrected chi connectivity index (χ1v) is 6.08. The topological polar surface area (TPSA) is 49.4 Å². The normalized spacial score (nSPS) is 8.85. The smallest absolute Gasteiger partial charge is 0.308 e. The van der Waals surface area contributed by atoms with Crippen LogP contribution in [0.3, 0.4) is 0 Å². The third kappa shape index (κ3) is 4.51. The summed E-state index contributed by atoms with van der Waals surface area (Å²) in [5.74, 6) is 7.87. The summed E-state index contributed by atoms with van der Waals surface area (Å²) in [6, 6.07) is 6.40. The van der Waals surface area contributed by atoms with Crippen LogP contribution in [0.25, 0.3) is 0 Å². The molecule has 0 atom stereocenters. The first-order chi connectivity index (χ1) is 9.58. The van der Waals surface area contributed by atoms with Gasteiger partial charge in [0, 0.05) is 11.3 Å². The van der Waals surface area contributed by atoms with Crippen molar-refractivity contribution >= 4 is 17.5 Å². The zero-order valence-corrected chi connectivity index (χ0v) is 11.6. The number of urea groups is 1. The minimum atomic E-state index is -0.341. The van der Waals surface area contributed by atoms with Crippen molar-refractivity contribution in [1.29, 1.82) is 0 Å². The molecule has 0 spiro atoms. The maximum Gasteiger partial charge on any atom is 0.323 e. The molecule has 0 unspecified atom stereocenters. The van der Waals surface area contributed by atoms with E-state index >= 15 is 0 Å². The highest BCUT2D eigenvalue weighted by Crippen LogP contribution is 2.11. The van der Waals surface area contributed by atoms with Gasteiger partial charge in [0.25, 0.3) is 0 Å². The van der Waals surface area contributed by atoms with E-state index in [0.29, 0.717) is 11.3 Å². The monoisotopic (exact) mass is 268 g/mol. The standard InChI is InChI=1S/C16H16N2O2/c1-4-6-11-18(10-5-2)16(20)17-15-9-7-8-14(12-15)13(3)19/h2,7-9,12H,10-11H2,1,3H3,(H,17,20). The Balaban J connectivity index is 2.81. The average Bonchev–Trinajstić information content (AvgIpc) is 2.43. The predicted molar refractivity (Wildman–Crippen MR) is 79.3 cm³/mol. The maximum absolute atomic E-state index is 12.1. The van der Waals surface area contributed by atoms with Gasteiger partial charge in [0.1, 0.15) is 0 Å². The molecular formula is C16H16N2O2. The third-order valence-corrected chi connectivity index (χ3v) is 2.54. The summed E-state index contributed by atoms with van der Waals surface area (Å²) < 4.78 is 0. The number of carbonyl (C=O) groups is 2. The van der Waals surface area contributed by atoms with Crippen LogP contribution in [0.5, 0.6) is 0 Å². The minimum absolute atomic E-state index is 0.0570. The lowest BCUT2D eigenvalue weighted by atomic mass is 10.1. The molecule has 102 valence electrons. The molecule has 0 aliphatic heterocycles. The third-order valence-electron chi connectivity index (χ3n) is 2.54. The van der Waals surface area contributed by atoms with Gasteiger partial charge < -0.3 is 10.2 Å². The molecule has 0 bridgehead atoms. The van der Waals surface area contributed by atoms with Gasteiger partial charge in [0.2, 0.25) is 0 Å². The molecule has 0 saturated carbocycles. The molecule has 1 aromatic rings. The fraction of sp³-hybridized carbons (Fsp3) is 0.250. The van der Waals surface area contributed by atoms with Crippen LogP contribution in [0.4, 0.5) is 10.5 Å². The minimum Gasteiger partial charge on any atom is -0.308 e. The van der Waals surface area contributed by atoms with E-state index in [4.69, 9.17) is 6.42 Å². The van der Waals surface area contributed by atoms with Gasteiger partial charge in [-0.15, -0.1) is 12.3 Å². The number of anilines is 1. The molecule has 0 saturated heterocycles. The number of ketones is 1. The van der Waals surface area contributed by atoms with Crippen LogP contribution in [0, 0.1) is 24.2 Å². The number of nitrogens with zero attached hydrogens (tertiary/aromatic N) is 1. The number of rotatable bonds is 4. The summed E-state index contributed by atoms with van der Waals surface area (Å²) in [4.78, 5) is 24.8. The number of Topliss-reactive ketones (excluding diaryl/α,β-unsaturated/α-hetero) is 1. The van der Waals surface area contributed by atoms with E-state index in [1.54, 1.807) is 31.2 Å². The van der Waals surface area contributed by atoms with Crippen LogP contribution in [0.15, 0.2) is 24.3 Å². The molecule has 4 heteroatoms. The summed E-state index contributed by atoms with van der Waals surface area (Å²) in [6.07, 6.45) is 5.23. The lowest BCUT2D eigenvalue weighted by molar-refractivity contribution is 0.101. The van der Waals surface area contributed by atoms with Gasteiger partial charge in [-0.25, -0.2) is 4.79 Å². The molecule has 1 aromatic carbocycles. The molecule has 0 aliphatic carbocycles. The van der Waals surface area contributed by atoms with E-state index in [9.17, 15) is 9.59 Å². The summed E-state index contributed by atoms with van der Waals surface area (Å²) in [5.41, 5.74) is 1.09. The summed E-state index contributed by atoms with van der Waals surface area (Å²) in [5, 5.41) is 2.70. The van der Waals surface area contributed by atoms with Crippen molar-refractivity contribution in [2.45, 2.75) is 13.8 Å². The van der Waals surface area contributed by atoms with E-state index in [0.717, 1.165) is 0 Å². The van der Waals surface area contributed by atoms with Crippen LogP contribution in [0.1, 0.15) is 24.2 Å². The Labute approximate surface area is 119 Å². The van der Waals surface area contributed by atoms with E-state index in [1.807, 2.05) is 0 Å². The molecule has 0 heterocycles. The van der Waals surface area contributed by atoms with Gasteiger partial charge >= 0.3 is 6.03 Å². The maximum atomic E-state index is 12.1. The predicted octanol–water partition coefficient (Wildman–Crippen LogP) is 2.38. The van der Waals surface area contributed by atoms with Gasteiger partial charge in [0.05, 0.1) is 13.1 Å². The molecule has 4 nitrogen and oxygen atoms in total. The molecule has 2 amide bonds. The Morgan fingerprint density at radius 1 is 1.35 bits per heavy atom. The zero-order valence-electron chi connectivity index (χ0n) is 11.6. The molecule has 1 N–H and O–H groups in total. The molecular weight excluding hydrogens is 252 g/mol. The van der Waals surface area contributed by atoms with Crippen LogP contribution >= 0.6 is 0 Å². The van der Waals surface area contributed by atoms with Gasteiger partial charge in [0.15, 0.2) is 5.78 Å². The SMILES string of the molecule is C#CCN(CC#CC)C(=O)Nc1cccc(C(C)=O)c1. The van der Waals surface area contributed by atoms with Crippen molar-refractivity contribution in [2.24, 2.45) is 0 Å². The van der Waals surface area contributed by atoms with Crippen molar-refractivity contribution in [2.75, 3.05) is 18.4 Å². The molecule has 20 heavy (non-hydrogen) atoms. The largest absolute Gasteiger partial charge is 0.323 e. The molecule has 1 rings (SSSR count). The Morgan fingerprint density at radius 3 is 2.70 bits per heavy atom. The molecule has 0 fully saturated rings. The highest BCUT2D eigenvalue weighted by atomic mass is 16.2. The number of amides is 2. The van der Waals surface area contributed by atoms with Crippen LogP contribution < -0.4 is 5.32 Å². The van der Waals surface area contributed by atoms with Crippen LogP contribution in [-0.2, 0) is 0 Å². The average molecular weight is 268 g/mol. The summed E-state index contributed by atoms with van der Waals surface area (Å²) in [7, 11) is 0. The molecule has 0 aromatic heterocycles. The first-order valence-electron chi connectivity index (χ1n) is 6.08. The van der Waals surface area contributed by atoms with E-state index in [2.05, 4.69) is 23.1 Å². The Bertz CT molecular complexity index is 603. The van der Waals surface area contributed by atoms with Crippen LogP contribution in [-0.4, -0.2) is 29.8 Å². The number of hydrogen-bond donors (Lipinski definition) is 1. The number of terminal acetylenes is 1. The molecule has 0 radical (unpaired) electrons. The molecule has 0 aliphatic rings. The van der Waals surface area contributed by atoms with Gasteiger partial charge in [-0.1, -0.05) is 24.0 Å². The van der Waals surface area contributed by atoms with Crippen molar-refractivity contribution in [3.63, 3.8) is 0 Å². The highest BCUT2D eigenvalue weighted by molar-refractivity contribution is 5.96. The van der Waals surface area contributed by atoms with Gasteiger partial charge in [-0.05, 0) is 26.0 Å². The van der Waals surface area contributed by atoms with E-state index in [1.165, 1.54) is 11.8 Å². The van der Waals surface area contributed by atoms with Crippen molar-refractivity contribution in [3.8, 4) is 24.2 Å². The fourth-order valence-corrected chi connectivity index (χ4v) is 1.50. The Morgan fingerprint density at radius 2 is 2.10 bits per heavy atom. The number of carbonyl (C=O) groups excluding carboxylic acids is 2. The fourth-order valence-electron chi connectivity index (χ4n) is 1.50. The van der Waals surface area contributed by atoms with Gasteiger partial charge in [-0.2, -0.15) is 0 Å². The first kappa shape index (κ1) is 15.3. The zero-order chi connectivity index (χ0) is 15.0. The quantitative estimate of drug-likeness (QED) is 0.673. The second-order valence-corrected chi connectivity index (χ2v) is 4.05. The Hall–Kier alpha value is -2.72. The number of nitrogens with one attached hydrogen (secondary N) is 1. The van der Waals surface area contributed by atoms with Crippen molar-refractivity contribution in [1.82, 2.24) is 4.90 Å². The Kier molecular flexibility index (Phi) is 5.87. The van der Waals surface area contributed by atoms with E-state index < -0.39 is 0 Å². The summed E-state index contributed by atoms with van der Waals surface area (Å²) >= 11 is 0. The highest BCUT2D eigenvalue weighted by Gasteiger charge is 2.11. The lowest BCUT2D eigenvalue weighted by Crippen LogP contribution is -2.35. The van der Waals surface area contributed by atoms with Crippen molar-refractivity contribution < 1.29 is 9.59 Å². The van der Waals surface area contributed by atoms with E-state index in [-0.39, 0.29) is 24.9 Å². The van der Waals surface area contributed by atoms with Crippen LogP contribution in [0.2, 0.25) is 0 Å². The van der Waals surface area contributed by atoms with Crippen molar-refractivity contribution in [3.05, 3.63) is 29.8 Å². The second kappa shape index (κ2) is 7.66. The van der Waals surface area contributed by atoms with Gasteiger partial charge in [-0.3, -0.25) is 4.79 Å². The lowest BCUT2D eigenvalue weighted by Gasteiger charge is -2.18. The second-order valence-electron chi connectivity index (χ2n) is 4.05.